The van der Waals surface area contributed by atoms with Gasteiger partial charge in [0.25, 0.3) is 0 Å². The second kappa shape index (κ2) is 6.64. The molecule has 0 bridgehead atoms. The van der Waals surface area contributed by atoms with Crippen molar-refractivity contribution in [3.8, 4) is 0 Å². The number of rotatable bonds is 4. The number of halogens is 2. The summed E-state index contributed by atoms with van der Waals surface area (Å²) < 4.78 is 13.9. The molecule has 1 aromatic rings. The molecule has 0 unspecified atom stereocenters. The maximum absolute atomic E-state index is 13.3. The van der Waals surface area contributed by atoms with Gasteiger partial charge in [0.05, 0.1) is 4.47 Å². The fraction of sp³-hybridized carbons (Fsp3) is 0.571. The molecule has 0 aromatic heterocycles. The first kappa shape index (κ1) is 14.0. The SMILES string of the molecule is CCC[C@H](c1ccc(F)c(Br)c1)N1CCNCC1. The average molecular weight is 315 g/mol. The van der Waals surface area contributed by atoms with Crippen LogP contribution >= 0.6 is 15.9 Å². The zero-order valence-corrected chi connectivity index (χ0v) is 12.3. The third-order valence-electron chi connectivity index (χ3n) is 3.48. The van der Waals surface area contributed by atoms with E-state index in [1.54, 1.807) is 6.07 Å². The standard InChI is InChI=1S/C14H20BrFN2/c1-2-3-14(18-8-6-17-7-9-18)11-4-5-13(16)12(15)10-11/h4-5,10,14,17H,2-3,6-9H2,1H3/t14-/m1/s1. The minimum atomic E-state index is -0.186. The molecular formula is C14H20BrFN2. The molecule has 1 N–H and O–H groups in total. The summed E-state index contributed by atoms with van der Waals surface area (Å²) >= 11 is 3.28. The first-order valence-electron chi connectivity index (χ1n) is 6.62. The van der Waals surface area contributed by atoms with E-state index in [0.29, 0.717) is 10.5 Å². The smallest absolute Gasteiger partial charge is 0.137 e. The molecule has 1 fully saturated rings. The molecule has 18 heavy (non-hydrogen) atoms. The number of piperazine rings is 1. The lowest BCUT2D eigenvalue weighted by Gasteiger charge is -2.35. The summed E-state index contributed by atoms with van der Waals surface area (Å²) in [7, 11) is 0. The quantitative estimate of drug-likeness (QED) is 0.917. The largest absolute Gasteiger partial charge is 0.314 e. The van der Waals surface area contributed by atoms with Crippen molar-refractivity contribution in [3.63, 3.8) is 0 Å². The first-order chi connectivity index (χ1) is 8.72. The molecule has 0 radical (unpaired) electrons. The van der Waals surface area contributed by atoms with Crippen LogP contribution in [0.5, 0.6) is 0 Å². The van der Waals surface area contributed by atoms with Crippen LogP contribution in [0.4, 0.5) is 4.39 Å². The highest BCUT2D eigenvalue weighted by atomic mass is 79.9. The number of hydrogen-bond donors (Lipinski definition) is 1. The van der Waals surface area contributed by atoms with E-state index in [0.717, 1.165) is 39.0 Å². The summed E-state index contributed by atoms with van der Waals surface area (Å²) in [6, 6.07) is 5.82. The van der Waals surface area contributed by atoms with E-state index in [9.17, 15) is 4.39 Å². The van der Waals surface area contributed by atoms with E-state index in [1.807, 2.05) is 12.1 Å². The van der Waals surface area contributed by atoms with E-state index in [1.165, 1.54) is 5.56 Å². The van der Waals surface area contributed by atoms with Gasteiger partial charge in [0.15, 0.2) is 0 Å². The Labute approximate surface area is 117 Å². The van der Waals surface area contributed by atoms with Crippen molar-refractivity contribution in [1.29, 1.82) is 0 Å². The second-order valence-electron chi connectivity index (χ2n) is 4.76. The van der Waals surface area contributed by atoms with E-state index in [-0.39, 0.29) is 5.82 Å². The van der Waals surface area contributed by atoms with Crippen LogP contribution in [0.25, 0.3) is 0 Å². The summed E-state index contributed by atoms with van der Waals surface area (Å²) in [5.74, 6) is -0.186. The van der Waals surface area contributed by atoms with Crippen molar-refractivity contribution in [2.75, 3.05) is 26.2 Å². The van der Waals surface area contributed by atoms with Crippen LogP contribution in [0.1, 0.15) is 31.4 Å². The van der Waals surface area contributed by atoms with Gasteiger partial charge in [-0.1, -0.05) is 19.4 Å². The maximum atomic E-state index is 13.3. The molecule has 0 amide bonds. The van der Waals surface area contributed by atoms with E-state index in [2.05, 4.69) is 33.1 Å². The minimum Gasteiger partial charge on any atom is -0.314 e. The van der Waals surface area contributed by atoms with Gasteiger partial charge in [-0.3, -0.25) is 4.90 Å². The zero-order valence-electron chi connectivity index (χ0n) is 10.8. The van der Waals surface area contributed by atoms with Gasteiger partial charge in [-0.15, -0.1) is 0 Å². The molecule has 1 aromatic carbocycles. The Balaban J connectivity index is 2.19. The highest BCUT2D eigenvalue weighted by molar-refractivity contribution is 9.10. The zero-order chi connectivity index (χ0) is 13.0. The minimum absolute atomic E-state index is 0.186. The van der Waals surface area contributed by atoms with E-state index >= 15 is 0 Å². The lowest BCUT2D eigenvalue weighted by Crippen LogP contribution is -2.45. The van der Waals surface area contributed by atoms with Gasteiger partial charge in [-0.25, -0.2) is 4.39 Å². The maximum Gasteiger partial charge on any atom is 0.137 e. The Morgan fingerprint density at radius 2 is 2.11 bits per heavy atom. The predicted octanol–water partition coefficient (Wildman–Crippen LogP) is 3.33. The van der Waals surface area contributed by atoms with Crippen molar-refractivity contribution in [2.24, 2.45) is 0 Å². The Morgan fingerprint density at radius 3 is 2.72 bits per heavy atom. The van der Waals surface area contributed by atoms with Crippen LogP contribution in [0.3, 0.4) is 0 Å². The Kier molecular flexibility index (Phi) is 5.15. The van der Waals surface area contributed by atoms with E-state index in [4.69, 9.17) is 0 Å². The lowest BCUT2D eigenvalue weighted by molar-refractivity contribution is 0.164. The predicted molar refractivity (Wildman–Crippen MR) is 76.2 cm³/mol. The summed E-state index contributed by atoms with van der Waals surface area (Å²) in [5.41, 5.74) is 1.21. The molecule has 4 heteroatoms. The third kappa shape index (κ3) is 3.31. The molecule has 1 aliphatic rings. The van der Waals surface area contributed by atoms with Crippen molar-refractivity contribution in [3.05, 3.63) is 34.1 Å². The van der Waals surface area contributed by atoms with Crippen molar-refractivity contribution < 1.29 is 4.39 Å². The topological polar surface area (TPSA) is 15.3 Å². The molecule has 0 spiro atoms. The van der Waals surface area contributed by atoms with Gasteiger partial charge < -0.3 is 5.32 Å². The third-order valence-corrected chi connectivity index (χ3v) is 4.09. The molecule has 2 nitrogen and oxygen atoms in total. The molecule has 0 saturated carbocycles. The Bertz CT molecular complexity index is 391. The summed E-state index contributed by atoms with van der Waals surface area (Å²) in [6.45, 7) is 6.43. The van der Waals surface area contributed by atoms with Crippen LogP contribution in [0.15, 0.2) is 22.7 Å². The first-order valence-corrected chi connectivity index (χ1v) is 7.41. The molecule has 1 atom stereocenters. The van der Waals surface area contributed by atoms with E-state index < -0.39 is 0 Å². The molecule has 1 heterocycles. The lowest BCUT2D eigenvalue weighted by atomic mass is 10.00. The van der Waals surface area contributed by atoms with Crippen LogP contribution in [-0.4, -0.2) is 31.1 Å². The van der Waals surface area contributed by atoms with Gasteiger partial charge in [-0.2, -0.15) is 0 Å². The number of nitrogens with one attached hydrogen (secondary N) is 1. The van der Waals surface area contributed by atoms with Gasteiger partial charge in [0.1, 0.15) is 5.82 Å². The van der Waals surface area contributed by atoms with Gasteiger partial charge in [0, 0.05) is 32.2 Å². The summed E-state index contributed by atoms with van der Waals surface area (Å²) in [4.78, 5) is 2.50. The molecule has 1 saturated heterocycles. The average Bonchev–Trinajstić information content (AvgIpc) is 2.40. The number of benzene rings is 1. The van der Waals surface area contributed by atoms with Crippen LogP contribution in [-0.2, 0) is 0 Å². The summed E-state index contributed by atoms with van der Waals surface area (Å²) in [5, 5.41) is 3.37. The van der Waals surface area contributed by atoms with Crippen LogP contribution in [0, 0.1) is 5.82 Å². The van der Waals surface area contributed by atoms with Gasteiger partial charge in [-0.05, 0) is 40.0 Å². The fourth-order valence-corrected chi connectivity index (χ4v) is 2.94. The van der Waals surface area contributed by atoms with Gasteiger partial charge >= 0.3 is 0 Å². The van der Waals surface area contributed by atoms with Crippen molar-refractivity contribution >= 4 is 15.9 Å². The summed E-state index contributed by atoms with van der Waals surface area (Å²) in [6.07, 6.45) is 2.27. The highest BCUT2D eigenvalue weighted by Crippen LogP contribution is 2.29. The van der Waals surface area contributed by atoms with Crippen molar-refractivity contribution in [2.45, 2.75) is 25.8 Å². The Morgan fingerprint density at radius 1 is 1.39 bits per heavy atom. The number of hydrogen-bond acceptors (Lipinski definition) is 2. The second-order valence-corrected chi connectivity index (χ2v) is 5.62. The Hall–Kier alpha value is -0.450. The molecule has 1 aliphatic heterocycles. The fourth-order valence-electron chi connectivity index (χ4n) is 2.55. The normalized spacial score (nSPS) is 18.8. The molecule has 100 valence electrons. The molecule has 2 rings (SSSR count). The van der Waals surface area contributed by atoms with Crippen molar-refractivity contribution in [1.82, 2.24) is 10.2 Å². The monoisotopic (exact) mass is 314 g/mol. The molecular weight excluding hydrogens is 295 g/mol. The van der Waals surface area contributed by atoms with Gasteiger partial charge in [0.2, 0.25) is 0 Å². The van der Waals surface area contributed by atoms with Crippen LogP contribution in [0.2, 0.25) is 0 Å². The molecule has 0 aliphatic carbocycles. The number of nitrogens with zero attached hydrogens (tertiary/aromatic N) is 1. The highest BCUT2D eigenvalue weighted by Gasteiger charge is 2.21. The van der Waals surface area contributed by atoms with Crippen LogP contribution < -0.4 is 5.32 Å².